The summed E-state index contributed by atoms with van der Waals surface area (Å²) in [5.41, 5.74) is 3.30. The maximum absolute atomic E-state index is 12.5. The zero-order valence-corrected chi connectivity index (χ0v) is 15.9. The van der Waals surface area contributed by atoms with Crippen LogP contribution in [-0.2, 0) is 11.2 Å². The number of benzene rings is 2. The molecule has 1 saturated heterocycles. The van der Waals surface area contributed by atoms with Gasteiger partial charge in [-0.15, -0.1) is 0 Å². The van der Waals surface area contributed by atoms with Gasteiger partial charge in [0.1, 0.15) is 0 Å². The fraction of sp³-hybridized carbons (Fsp3) is 0.350. The number of carbonyl (C=O) groups excluding carboxylic acids is 1. The molecule has 2 aromatic rings. The summed E-state index contributed by atoms with van der Waals surface area (Å²) >= 11 is 12.2. The Hall–Kier alpha value is -1.71. The number of anilines is 1. The van der Waals surface area contributed by atoms with Gasteiger partial charge in [0.2, 0.25) is 5.91 Å². The first-order valence-corrected chi connectivity index (χ1v) is 9.32. The number of amides is 1. The van der Waals surface area contributed by atoms with Crippen molar-refractivity contribution in [1.29, 1.82) is 0 Å². The third kappa shape index (κ3) is 4.68. The van der Waals surface area contributed by atoms with Crippen LogP contribution >= 0.6 is 23.2 Å². The van der Waals surface area contributed by atoms with Crippen molar-refractivity contribution in [1.82, 2.24) is 4.90 Å². The molecule has 25 heavy (non-hydrogen) atoms. The third-order valence-corrected chi connectivity index (χ3v) is 5.31. The summed E-state index contributed by atoms with van der Waals surface area (Å²) in [7, 11) is 0. The van der Waals surface area contributed by atoms with Gasteiger partial charge in [0.25, 0.3) is 0 Å². The van der Waals surface area contributed by atoms with Gasteiger partial charge in [0, 0.05) is 48.3 Å². The number of rotatable bonds is 4. The van der Waals surface area contributed by atoms with E-state index >= 15 is 0 Å². The standard InChI is InChI=1S/C20H22Cl2N2O/c1-15-5-6-16(13-19(15)22)7-8-20(25)24-11-9-23(10-12-24)18-4-2-3-17(21)14-18/h2-6,13-14H,7-12H2,1H3. The first-order chi connectivity index (χ1) is 12.0. The molecule has 0 N–H and O–H groups in total. The van der Waals surface area contributed by atoms with Gasteiger partial charge >= 0.3 is 0 Å². The summed E-state index contributed by atoms with van der Waals surface area (Å²) in [6.07, 6.45) is 1.25. The van der Waals surface area contributed by atoms with Gasteiger partial charge in [-0.25, -0.2) is 0 Å². The van der Waals surface area contributed by atoms with E-state index in [1.165, 1.54) is 0 Å². The van der Waals surface area contributed by atoms with Crippen LogP contribution in [0.2, 0.25) is 10.0 Å². The Bertz CT molecular complexity index is 755. The minimum Gasteiger partial charge on any atom is -0.368 e. The number of halogens is 2. The van der Waals surface area contributed by atoms with Crippen LogP contribution in [0.1, 0.15) is 17.5 Å². The summed E-state index contributed by atoms with van der Waals surface area (Å²) in [5.74, 6) is 0.211. The molecule has 2 aromatic carbocycles. The highest BCUT2D eigenvalue weighted by molar-refractivity contribution is 6.31. The second-order valence-electron chi connectivity index (χ2n) is 6.43. The van der Waals surface area contributed by atoms with Gasteiger partial charge in [0.15, 0.2) is 0 Å². The van der Waals surface area contributed by atoms with Gasteiger partial charge < -0.3 is 9.80 Å². The molecule has 3 nitrogen and oxygen atoms in total. The van der Waals surface area contributed by atoms with Gasteiger partial charge in [-0.3, -0.25) is 4.79 Å². The second-order valence-corrected chi connectivity index (χ2v) is 7.27. The molecular weight excluding hydrogens is 355 g/mol. The smallest absolute Gasteiger partial charge is 0.223 e. The van der Waals surface area contributed by atoms with Crippen molar-refractivity contribution in [3.8, 4) is 0 Å². The fourth-order valence-electron chi connectivity index (χ4n) is 3.09. The van der Waals surface area contributed by atoms with Crippen molar-refractivity contribution in [2.75, 3.05) is 31.1 Å². The molecule has 3 rings (SSSR count). The minimum absolute atomic E-state index is 0.211. The first kappa shape index (κ1) is 18.1. The van der Waals surface area contributed by atoms with Crippen LogP contribution in [0, 0.1) is 6.92 Å². The maximum Gasteiger partial charge on any atom is 0.223 e. The van der Waals surface area contributed by atoms with Crippen molar-refractivity contribution in [2.24, 2.45) is 0 Å². The molecular formula is C20H22Cl2N2O. The Labute approximate surface area is 159 Å². The predicted molar refractivity (Wildman–Crippen MR) is 105 cm³/mol. The number of hydrogen-bond donors (Lipinski definition) is 0. The number of piperazine rings is 1. The SMILES string of the molecule is Cc1ccc(CCC(=O)N2CCN(c3cccc(Cl)c3)CC2)cc1Cl. The highest BCUT2D eigenvalue weighted by atomic mass is 35.5. The lowest BCUT2D eigenvalue weighted by atomic mass is 10.1. The lowest BCUT2D eigenvalue weighted by molar-refractivity contribution is -0.131. The van der Waals surface area contributed by atoms with Crippen LogP contribution in [0.3, 0.4) is 0 Å². The molecule has 0 atom stereocenters. The lowest BCUT2D eigenvalue weighted by Gasteiger charge is -2.36. The van der Waals surface area contributed by atoms with E-state index in [0.717, 1.165) is 59.5 Å². The summed E-state index contributed by atoms with van der Waals surface area (Å²) in [6, 6.07) is 13.9. The van der Waals surface area contributed by atoms with Crippen LogP contribution in [-0.4, -0.2) is 37.0 Å². The molecule has 0 radical (unpaired) electrons. The maximum atomic E-state index is 12.5. The normalized spacial score (nSPS) is 14.7. The van der Waals surface area contributed by atoms with E-state index in [0.29, 0.717) is 6.42 Å². The molecule has 0 bridgehead atoms. The van der Waals surface area contributed by atoms with Crippen LogP contribution < -0.4 is 4.90 Å². The number of aryl methyl sites for hydroxylation is 2. The molecule has 1 aliphatic heterocycles. The Kier molecular flexibility index (Phi) is 5.87. The molecule has 0 spiro atoms. The van der Waals surface area contributed by atoms with Crippen LogP contribution in [0.25, 0.3) is 0 Å². The zero-order valence-electron chi connectivity index (χ0n) is 14.3. The van der Waals surface area contributed by atoms with Crippen molar-refractivity contribution in [2.45, 2.75) is 19.8 Å². The third-order valence-electron chi connectivity index (χ3n) is 4.67. The van der Waals surface area contributed by atoms with E-state index in [2.05, 4.69) is 11.0 Å². The van der Waals surface area contributed by atoms with Gasteiger partial charge in [-0.1, -0.05) is 41.4 Å². The topological polar surface area (TPSA) is 23.6 Å². The van der Waals surface area contributed by atoms with E-state index in [-0.39, 0.29) is 5.91 Å². The van der Waals surface area contributed by atoms with E-state index in [1.807, 2.05) is 48.2 Å². The average molecular weight is 377 g/mol. The monoisotopic (exact) mass is 376 g/mol. The van der Waals surface area contributed by atoms with Gasteiger partial charge in [-0.05, 0) is 48.7 Å². The number of carbonyl (C=O) groups is 1. The van der Waals surface area contributed by atoms with Gasteiger partial charge in [0.05, 0.1) is 0 Å². The molecule has 0 aromatic heterocycles. The minimum atomic E-state index is 0.211. The van der Waals surface area contributed by atoms with E-state index in [9.17, 15) is 4.79 Å². The van der Waals surface area contributed by atoms with E-state index in [1.54, 1.807) is 0 Å². The lowest BCUT2D eigenvalue weighted by Crippen LogP contribution is -2.48. The molecule has 1 amide bonds. The van der Waals surface area contributed by atoms with Crippen molar-refractivity contribution in [3.63, 3.8) is 0 Å². The Morgan fingerprint density at radius 3 is 2.48 bits per heavy atom. The van der Waals surface area contributed by atoms with Gasteiger partial charge in [-0.2, -0.15) is 0 Å². The Morgan fingerprint density at radius 1 is 1.04 bits per heavy atom. The van der Waals surface area contributed by atoms with Crippen LogP contribution in [0.5, 0.6) is 0 Å². The summed E-state index contributed by atoms with van der Waals surface area (Å²) in [6.45, 7) is 5.15. The van der Waals surface area contributed by atoms with Crippen LogP contribution in [0.15, 0.2) is 42.5 Å². The highest BCUT2D eigenvalue weighted by Crippen LogP contribution is 2.21. The van der Waals surface area contributed by atoms with Crippen molar-refractivity contribution >= 4 is 34.8 Å². The molecule has 1 aliphatic rings. The number of hydrogen-bond acceptors (Lipinski definition) is 2. The average Bonchev–Trinajstić information content (AvgIpc) is 2.62. The second kappa shape index (κ2) is 8.11. The van der Waals surface area contributed by atoms with E-state index < -0.39 is 0 Å². The predicted octanol–water partition coefficient (Wildman–Crippen LogP) is 4.58. The van der Waals surface area contributed by atoms with E-state index in [4.69, 9.17) is 23.2 Å². The zero-order chi connectivity index (χ0) is 17.8. The molecule has 132 valence electrons. The Morgan fingerprint density at radius 2 is 1.80 bits per heavy atom. The van der Waals surface area contributed by atoms with Crippen LogP contribution in [0.4, 0.5) is 5.69 Å². The molecule has 1 fully saturated rings. The highest BCUT2D eigenvalue weighted by Gasteiger charge is 2.21. The molecule has 1 heterocycles. The largest absolute Gasteiger partial charge is 0.368 e. The Balaban J connectivity index is 1.50. The summed E-state index contributed by atoms with van der Waals surface area (Å²) in [4.78, 5) is 16.7. The molecule has 5 heteroatoms. The molecule has 0 unspecified atom stereocenters. The number of nitrogens with zero attached hydrogens (tertiary/aromatic N) is 2. The summed E-state index contributed by atoms with van der Waals surface area (Å²) in [5, 5.41) is 1.51. The summed E-state index contributed by atoms with van der Waals surface area (Å²) < 4.78 is 0. The molecule has 0 aliphatic carbocycles. The quantitative estimate of drug-likeness (QED) is 0.779. The van der Waals surface area contributed by atoms with Crippen molar-refractivity contribution in [3.05, 3.63) is 63.6 Å². The molecule has 0 saturated carbocycles. The van der Waals surface area contributed by atoms with Crippen molar-refractivity contribution < 1.29 is 4.79 Å². The first-order valence-electron chi connectivity index (χ1n) is 8.56. The fourth-order valence-corrected chi connectivity index (χ4v) is 3.48.